The molecule has 1 aromatic rings. The molecule has 0 radical (unpaired) electrons. The highest BCUT2D eigenvalue weighted by Gasteiger charge is 2.30. The Kier molecular flexibility index (Phi) is 4.64. The van der Waals surface area contributed by atoms with Crippen LogP contribution in [0.2, 0.25) is 0 Å². The summed E-state index contributed by atoms with van der Waals surface area (Å²) in [6.07, 6.45) is 0. The summed E-state index contributed by atoms with van der Waals surface area (Å²) in [4.78, 5) is 22.5. The van der Waals surface area contributed by atoms with Crippen LogP contribution in [0.1, 0.15) is 31.1 Å². The summed E-state index contributed by atoms with van der Waals surface area (Å²) in [7, 11) is 1.28. The van der Waals surface area contributed by atoms with Crippen LogP contribution in [0.3, 0.4) is 0 Å². The molecule has 0 amide bonds. The molecule has 0 unspecified atom stereocenters. The van der Waals surface area contributed by atoms with E-state index in [4.69, 9.17) is 4.74 Å². The van der Waals surface area contributed by atoms with Crippen molar-refractivity contribution in [3.05, 3.63) is 29.6 Å². The van der Waals surface area contributed by atoms with Crippen molar-refractivity contribution in [2.75, 3.05) is 13.7 Å². The van der Waals surface area contributed by atoms with Gasteiger partial charge in [0.2, 0.25) is 0 Å². The summed E-state index contributed by atoms with van der Waals surface area (Å²) in [5, 5.41) is 0. The van der Waals surface area contributed by atoms with E-state index >= 15 is 0 Å². The minimum absolute atomic E-state index is 0.00183. The van der Waals surface area contributed by atoms with Crippen molar-refractivity contribution in [3.8, 4) is 5.75 Å². The van der Waals surface area contributed by atoms with Crippen LogP contribution in [0.4, 0.5) is 4.39 Å². The number of rotatable bonds is 5. The van der Waals surface area contributed by atoms with Crippen LogP contribution in [0.5, 0.6) is 5.75 Å². The number of esters is 1. The maximum atomic E-state index is 13.7. The highest BCUT2D eigenvalue weighted by Crippen LogP contribution is 2.23. The summed E-state index contributed by atoms with van der Waals surface area (Å²) in [6, 6.07) is 3.97. The Morgan fingerprint density at radius 1 is 1.32 bits per heavy atom. The van der Waals surface area contributed by atoms with E-state index < -0.39 is 17.2 Å². The van der Waals surface area contributed by atoms with Gasteiger partial charge in [-0.2, -0.15) is 0 Å². The van der Waals surface area contributed by atoms with Gasteiger partial charge in [0, 0.05) is 5.56 Å². The van der Waals surface area contributed by atoms with Crippen molar-refractivity contribution in [1.29, 1.82) is 0 Å². The molecule has 19 heavy (non-hydrogen) atoms. The Morgan fingerprint density at radius 3 is 2.42 bits per heavy atom. The van der Waals surface area contributed by atoms with E-state index in [1.165, 1.54) is 26.2 Å². The van der Waals surface area contributed by atoms with Crippen LogP contribution in [0.25, 0.3) is 0 Å². The Balaban J connectivity index is 2.79. The van der Waals surface area contributed by atoms with Gasteiger partial charge in [-0.3, -0.25) is 9.59 Å². The van der Waals surface area contributed by atoms with Gasteiger partial charge in [0.05, 0.1) is 12.5 Å². The molecule has 4 nitrogen and oxygen atoms in total. The minimum atomic E-state index is -0.875. The summed E-state index contributed by atoms with van der Waals surface area (Å²) < 4.78 is 23.6. The molecule has 0 aliphatic carbocycles. The first kappa shape index (κ1) is 15.1. The molecule has 0 fully saturated rings. The van der Waals surface area contributed by atoms with Crippen molar-refractivity contribution in [3.63, 3.8) is 0 Å². The molecule has 5 heteroatoms. The average molecular weight is 268 g/mol. The Labute approximate surface area is 111 Å². The third kappa shape index (κ3) is 3.77. The fraction of sp³-hybridized carbons (Fsp3) is 0.429. The third-order valence-electron chi connectivity index (χ3n) is 2.66. The van der Waals surface area contributed by atoms with E-state index in [0.717, 1.165) is 6.07 Å². The fourth-order valence-corrected chi connectivity index (χ4v) is 1.43. The molecule has 0 heterocycles. The first-order valence-electron chi connectivity index (χ1n) is 5.79. The molecular weight excluding hydrogens is 251 g/mol. The first-order chi connectivity index (χ1) is 8.77. The molecule has 0 aliphatic rings. The Hall–Kier alpha value is -1.91. The summed E-state index contributed by atoms with van der Waals surface area (Å²) >= 11 is 0. The molecule has 104 valence electrons. The van der Waals surface area contributed by atoms with Gasteiger partial charge in [0.25, 0.3) is 0 Å². The quantitative estimate of drug-likeness (QED) is 0.608. The van der Waals surface area contributed by atoms with Crippen LogP contribution in [0, 0.1) is 11.2 Å². The maximum Gasteiger partial charge on any atom is 0.314 e. The second-order valence-corrected chi connectivity index (χ2v) is 4.87. The minimum Gasteiger partial charge on any atom is -0.489 e. The van der Waals surface area contributed by atoms with Gasteiger partial charge in [0.15, 0.2) is 17.3 Å². The van der Waals surface area contributed by atoms with E-state index in [0.29, 0.717) is 0 Å². The van der Waals surface area contributed by atoms with Gasteiger partial charge in [-0.1, -0.05) is 0 Å². The monoisotopic (exact) mass is 268 g/mol. The van der Waals surface area contributed by atoms with Gasteiger partial charge >= 0.3 is 5.97 Å². The summed E-state index contributed by atoms with van der Waals surface area (Å²) in [5.74, 6) is -1.29. The zero-order valence-electron chi connectivity index (χ0n) is 11.5. The predicted molar refractivity (Wildman–Crippen MR) is 67.7 cm³/mol. The summed E-state index contributed by atoms with van der Waals surface area (Å²) in [6.45, 7) is 4.62. The van der Waals surface area contributed by atoms with Crippen molar-refractivity contribution < 1.29 is 23.5 Å². The predicted octanol–water partition coefficient (Wildman–Crippen LogP) is 2.61. The van der Waals surface area contributed by atoms with Crippen molar-refractivity contribution >= 4 is 11.8 Å². The lowest BCUT2D eigenvalue weighted by atomic mass is 9.95. The fourth-order valence-electron chi connectivity index (χ4n) is 1.43. The van der Waals surface area contributed by atoms with Crippen molar-refractivity contribution in [1.82, 2.24) is 0 Å². The van der Waals surface area contributed by atoms with Gasteiger partial charge in [-0.25, -0.2) is 4.39 Å². The SMILES string of the molecule is COC(=O)C(C)(C)COc1ccc(C(C)=O)cc1F. The topological polar surface area (TPSA) is 52.6 Å². The second-order valence-electron chi connectivity index (χ2n) is 4.87. The van der Waals surface area contributed by atoms with Crippen molar-refractivity contribution in [2.24, 2.45) is 5.41 Å². The zero-order valence-corrected chi connectivity index (χ0v) is 11.5. The van der Waals surface area contributed by atoms with Gasteiger partial charge in [-0.05, 0) is 39.0 Å². The number of methoxy groups -OCH3 is 1. The molecular formula is C14H17FO4. The number of ketones is 1. The number of carbonyl (C=O) groups is 2. The largest absolute Gasteiger partial charge is 0.489 e. The molecule has 1 rings (SSSR count). The highest BCUT2D eigenvalue weighted by molar-refractivity contribution is 5.94. The van der Waals surface area contributed by atoms with Crippen LogP contribution in [-0.2, 0) is 9.53 Å². The lowest BCUT2D eigenvalue weighted by Gasteiger charge is -2.21. The highest BCUT2D eigenvalue weighted by atomic mass is 19.1. The average Bonchev–Trinajstić information content (AvgIpc) is 2.36. The van der Waals surface area contributed by atoms with Gasteiger partial charge < -0.3 is 9.47 Å². The number of ether oxygens (including phenoxy) is 2. The molecule has 0 saturated carbocycles. The molecule has 0 aliphatic heterocycles. The van der Waals surface area contributed by atoms with Crippen LogP contribution in [0.15, 0.2) is 18.2 Å². The maximum absolute atomic E-state index is 13.7. The number of Topliss-reactive ketones (excluding diaryl/α,β-unsaturated/α-hetero) is 1. The van der Waals surface area contributed by atoms with Crippen LogP contribution < -0.4 is 4.74 Å². The number of hydrogen-bond acceptors (Lipinski definition) is 4. The van der Waals surface area contributed by atoms with E-state index in [2.05, 4.69) is 4.74 Å². The second kappa shape index (κ2) is 5.82. The van der Waals surface area contributed by atoms with Crippen LogP contribution >= 0.6 is 0 Å². The summed E-state index contributed by atoms with van der Waals surface area (Å²) in [5.41, 5.74) is -0.599. The molecule has 0 saturated heterocycles. The molecule has 0 spiro atoms. The molecule has 1 aromatic carbocycles. The molecule has 0 aromatic heterocycles. The zero-order chi connectivity index (χ0) is 14.6. The van der Waals surface area contributed by atoms with E-state index in [9.17, 15) is 14.0 Å². The van der Waals surface area contributed by atoms with Gasteiger partial charge in [0.1, 0.15) is 6.61 Å². The Morgan fingerprint density at radius 2 is 1.95 bits per heavy atom. The van der Waals surface area contributed by atoms with Gasteiger partial charge in [-0.15, -0.1) is 0 Å². The van der Waals surface area contributed by atoms with Crippen molar-refractivity contribution in [2.45, 2.75) is 20.8 Å². The van der Waals surface area contributed by atoms with E-state index in [1.807, 2.05) is 0 Å². The van der Waals surface area contributed by atoms with Crippen LogP contribution in [-0.4, -0.2) is 25.5 Å². The smallest absolute Gasteiger partial charge is 0.314 e. The molecule has 0 bridgehead atoms. The number of benzene rings is 1. The first-order valence-corrected chi connectivity index (χ1v) is 5.79. The Bertz CT molecular complexity index is 494. The number of hydrogen-bond donors (Lipinski definition) is 0. The number of halogens is 1. The van der Waals surface area contributed by atoms with E-state index in [-0.39, 0.29) is 23.7 Å². The normalized spacial score (nSPS) is 11.0. The molecule has 0 atom stereocenters. The molecule has 0 N–H and O–H groups in total. The third-order valence-corrected chi connectivity index (χ3v) is 2.66. The number of carbonyl (C=O) groups excluding carboxylic acids is 2. The van der Waals surface area contributed by atoms with E-state index in [1.54, 1.807) is 13.8 Å². The standard InChI is InChI=1S/C14H17FO4/c1-9(16)10-5-6-12(11(15)7-10)19-8-14(2,3)13(17)18-4/h5-7H,8H2,1-4H3. The lowest BCUT2D eigenvalue weighted by Crippen LogP contribution is -2.32. The lowest BCUT2D eigenvalue weighted by molar-refractivity contribution is -0.152.